The molecule has 1 aromatic carbocycles. The van der Waals surface area contributed by atoms with Crippen molar-refractivity contribution in [2.45, 2.75) is 24.9 Å². The van der Waals surface area contributed by atoms with Crippen LogP contribution in [0.15, 0.2) is 24.3 Å². The van der Waals surface area contributed by atoms with Crippen LogP contribution in [-0.2, 0) is 16.1 Å². The summed E-state index contributed by atoms with van der Waals surface area (Å²) >= 11 is 6.23. The molecule has 3 rings (SSSR count). The molecule has 2 heterocycles. The van der Waals surface area contributed by atoms with Gasteiger partial charge in [-0.3, -0.25) is 4.79 Å². The lowest BCUT2D eigenvalue weighted by Crippen LogP contribution is -2.65. The summed E-state index contributed by atoms with van der Waals surface area (Å²) in [5.74, 6) is 0.0554. The van der Waals surface area contributed by atoms with Gasteiger partial charge < -0.3 is 15.0 Å². The van der Waals surface area contributed by atoms with Crippen LogP contribution in [0.3, 0.4) is 0 Å². The highest BCUT2D eigenvalue weighted by atomic mass is 35.5. The lowest BCUT2D eigenvalue weighted by Gasteiger charge is -2.49. The molecule has 0 saturated carbocycles. The van der Waals surface area contributed by atoms with Gasteiger partial charge in [0, 0.05) is 18.1 Å². The Kier molecular flexibility index (Phi) is 3.96. The number of carbonyl (C=O) groups excluding carboxylic acids is 1. The van der Waals surface area contributed by atoms with Crippen LogP contribution in [0, 0.1) is 0 Å². The average Bonchev–Trinajstić information content (AvgIpc) is 2.46. The van der Waals surface area contributed by atoms with Crippen molar-refractivity contribution in [2.24, 2.45) is 0 Å². The van der Waals surface area contributed by atoms with Crippen LogP contribution in [0.5, 0.6) is 0 Å². The molecule has 0 bridgehead atoms. The Bertz CT molecular complexity index is 495. The molecule has 1 amide bonds. The molecule has 2 aliphatic rings. The predicted octanol–water partition coefficient (Wildman–Crippen LogP) is 1.82. The third kappa shape index (κ3) is 2.55. The summed E-state index contributed by atoms with van der Waals surface area (Å²) in [5, 5.41) is 4.10. The molecule has 1 atom stereocenters. The van der Waals surface area contributed by atoms with Crippen LogP contribution in [0.4, 0.5) is 0 Å². The maximum atomic E-state index is 12.3. The molecule has 0 aromatic heterocycles. The molecular weight excluding hydrogens is 276 g/mol. The zero-order valence-electron chi connectivity index (χ0n) is 11.4. The van der Waals surface area contributed by atoms with Crippen molar-refractivity contribution < 1.29 is 9.53 Å². The monoisotopic (exact) mass is 294 g/mol. The van der Waals surface area contributed by atoms with Gasteiger partial charge in [-0.25, -0.2) is 0 Å². The SMILES string of the molecule is O=C1COCC2(CCCNC2)N1Cc1ccccc1Cl. The molecule has 2 saturated heterocycles. The minimum atomic E-state index is -0.216. The van der Waals surface area contributed by atoms with Gasteiger partial charge in [0.1, 0.15) is 6.61 Å². The van der Waals surface area contributed by atoms with Crippen molar-refractivity contribution in [1.29, 1.82) is 0 Å². The number of carbonyl (C=O) groups is 1. The first-order valence-corrected chi connectivity index (χ1v) is 7.41. The standard InChI is InChI=1S/C15H19ClN2O2/c16-13-5-2-1-4-12(13)8-18-14(19)9-20-11-15(18)6-3-7-17-10-15/h1-2,4-5,17H,3,6-11H2. The van der Waals surface area contributed by atoms with Gasteiger partial charge in [-0.1, -0.05) is 29.8 Å². The van der Waals surface area contributed by atoms with Gasteiger partial charge in [0.05, 0.1) is 12.1 Å². The molecule has 1 spiro atoms. The molecule has 0 radical (unpaired) electrons. The van der Waals surface area contributed by atoms with E-state index in [2.05, 4.69) is 5.32 Å². The van der Waals surface area contributed by atoms with Crippen LogP contribution >= 0.6 is 11.6 Å². The number of morpholine rings is 1. The molecule has 4 nitrogen and oxygen atoms in total. The zero-order chi connectivity index (χ0) is 14.0. The minimum Gasteiger partial charge on any atom is -0.369 e. The fourth-order valence-electron chi connectivity index (χ4n) is 3.11. The highest BCUT2D eigenvalue weighted by Gasteiger charge is 2.44. The molecule has 1 aromatic rings. The maximum Gasteiger partial charge on any atom is 0.249 e. The van der Waals surface area contributed by atoms with Crippen molar-refractivity contribution in [2.75, 3.05) is 26.3 Å². The molecule has 108 valence electrons. The summed E-state index contributed by atoms with van der Waals surface area (Å²) in [5.41, 5.74) is 0.779. The second-order valence-corrected chi connectivity index (χ2v) is 5.98. The lowest BCUT2D eigenvalue weighted by molar-refractivity contribution is -0.161. The molecule has 2 aliphatic heterocycles. The summed E-state index contributed by atoms with van der Waals surface area (Å²) in [6.45, 7) is 3.14. The van der Waals surface area contributed by atoms with E-state index in [0.29, 0.717) is 18.2 Å². The van der Waals surface area contributed by atoms with Gasteiger partial charge in [-0.2, -0.15) is 0 Å². The number of piperidine rings is 1. The number of nitrogens with one attached hydrogen (secondary N) is 1. The van der Waals surface area contributed by atoms with E-state index < -0.39 is 0 Å². The third-order valence-corrected chi connectivity index (χ3v) is 4.57. The fraction of sp³-hybridized carbons (Fsp3) is 0.533. The van der Waals surface area contributed by atoms with Crippen LogP contribution < -0.4 is 5.32 Å². The first-order valence-electron chi connectivity index (χ1n) is 7.04. The van der Waals surface area contributed by atoms with Gasteiger partial charge in [-0.15, -0.1) is 0 Å². The summed E-state index contributed by atoms with van der Waals surface area (Å²) in [7, 11) is 0. The Balaban J connectivity index is 1.87. The Morgan fingerprint density at radius 2 is 2.25 bits per heavy atom. The molecular formula is C15H19ClN2O2. The Morgan fingerprint density at radius 1 is 1.40 bits per heavy atom. The summed E-state index contributed by atoms with van der Waals surface area (Å²) in [6.07, 6.45) is 2.05. The molecule has 5 heteroatoms. The van der Waals surface area contributed by atoms with E-state index in [1.165, 1.54) is 0 Å². The summed E-state index contributed by atoms with van der Waals surface area (Å²) < 4.78 is 5.51. The second kappa shape index (κ2) is 5.72. The van der Waals surface area contributed by atoms with Crippen molar-refractivity contribution in [3.05, 3.63) is 34.9 Å². The third-order valence-electron chi connectivity index (χ3n) is 4.21. The zero-order valence-corrected chi connectivity index (χ0v) is 12.2. The number of hydrogen-bond donors (Lipinski definition) is 1. The van der Waals surface area contributed by atoms with Gasteiger partial charge in [0.15, 0.2) is 0 Å². The van der Waals surface area contributed by atoms with Crippen LogP contribution in [0.25, 0.3) is 0 Å². The van der Waals surface area contributed by atoms with Crippen molar-refractivity contribution in [3.63, 3.8) is 0 Å². The quantitative estimate of drug-likeness (QED) is 0.905. The number of amides is 1. The number of rotatable bonds is 2. The van der Waals surface area contributed by atoms with E-state index in [9.17, 15) is 4.79 Å². The van der Waals surface area contributed by atoms with Gasteiger partial charge >= 0.3 is 0 Å². The number of nitrogens with zero attached hydrogens (tertiary/aromatic N) is 1. The van der Waals surface area contributed by atoms with Gasteiger partial charge in [0.25, 0.3) is 0 Å². The number of benzene rings is 1. The number of ether oxygens (including phenoxy) is 1. The van der Waals surface area contributed by atoms with Gasteiger partial charge in [0.2, 0.25) is 5.91 Å². The average molecular weight is 295 g/mol. The van der Waals surface area contributed by atoms with Crippen molar-refractivity contribution in [1.82, 2.24) is 10.2 Å². The highest BCUT2D eigenvalue weighted by molar-refractivity contribution is 6.31. The first-order chi connectivity index (χ1) is 9.71. The van der Waals surface area contributed by atoms with E-state index in [-0.39, 0.29) is 18.1 Å². The number of hydrogen-bond acceptors (Lipinski definition) is 3. The van der Waals surface area contributed by atoms with Crippen LogP contribution in [0.1, 0.15) is 18.4 Å². The Morgan fingerprint density at radius 3 is 3.00 bits per heavy atom. The van der Waals surface area contributed by atoms with Crippen LogP contribution in [-0.4, -0.2) is 42.6 Å². The Hall–Kier alpha value is -1.10. The van der Waals surface area contributed by atoms with Crippen molar-refractivity contribution in [3.8, 4) is 0 Å². The smallest absolute Gasteiger partial charge is 0.249 e. The first kappa shape index (κ1) is 13.9. The summed E-state index contributed by atoms with van der Waals surface area (Å²) in [6, 6.07) is 7.71. The summed E-state index contributed by atoms with van der Waals surface area (Å²) in [4.78, 5) is 14.3. The molecule has 2 fully saturated rings. The van der Waals surface area contributed by atoms with Gasteiger partial charge in [-0.05, 0) is 31.0 Å². The van der Waals surface area contributed by atoms with E-state index in [0.717, 1.165) is 31.5 Å². The van der Waals surface area contributed by atoms with E-state index in [1.807, 2.05) is 29.2 Å². The van der Waals surface area contributed by atoms with Crippen molar-refractivity contribution >= 4 is 17.5 Å². The lowest BCUT2D eigenvalue weighted by atomic mass is 9.87. The van der Waals surface area contributed by atoms with E-state index in [1.54, 1.807) is 0 Å². The molecule has 0 aliphatic carbocycles. The fourth-order valence-corrected chi connectivity index (χ4v) is 3.30. The highest BCUT2D eigenvalue weighted by Crippen LogP contribution is 2.30. The topological polar surface area (TPSA) is 41.6 Å². The minimum absolute atomic E-state index is 0.0554. The molecule has 1 N–H and O–H groups in total. The largest absolute Gasteiger partial charge is 0.369 e. The maximum absolute atomic E-state index is 12.3. The van der Waals surface area contributed by atoms with E-state index in [4.69, 9.17) is 16.3 Å². The second-order valence-electron chi connectivity index (χ2n) is 5.57. The number of halogens is 1. The predicted molar refractivity (Wildman–Crippen MR) is 77.7 cm³/mol. The van der Waals surface area contributed by atoms with Crippen LogP contribution in [0.2, 0.25) is 5.02 Å². The molecule has 1 unspecified atom stereocenters. The molecule has 20 heavy (non-hydrogen) atoms. The normalized spacial score (nSPS) is 27.1. The Labute approximate surface area is 124 Å². The van der Waals surface area contributed by atoms with E-state index >= 15 is 0 Å².